The molecule has 3 heteroatoms. The molecule has 0 aliphatic rings. The summed E-state index contributed by atoms with van der Waals surface area (Å²) in [4.78, 5) is 13.2. The minimum atomic E-state index is -0.284. The van der Waals surface area contributed by atoms with E-state index in [9.17, 15) is 4.79 Å². The van der Waals surface area contributed by atoms with Crippen molar-refractivity contribution in [2.45, 2.75) is 207 Å². The maximum atomic E-state index is 13.2. The van der Waals surface area contributed by atoms with Gasteiger partial charge in [0.15, 0.2) is 0 Å². The topological polar surface area (TPSA) is 35.5 Å². The Labute approximate surface area is 303 Å². The van der Waals surface area contributed by atoms with Crippen LogP contribution in [-0.2, 0) is 4.74 Å². The Balaban J connectivity index is 1.67. The molecule has 278 valence electrons. The lowest BCUT2D eigenvalue weighted by Crippen LogP contribution is -2.12. The van der Waals surface area contributed by atoms with Crippen LogP contribution in [0.4, 0.5) is 0 Å². The Morgan fingerprint density at radius 3 is 1.51 bits per heavy atom. The fraction of sp³-hybridized carbons (Fsp3) is 0.717. The molecule has 2 aromatic carbocycles. The van der Waals surface area contributed by atoms with Crippen molar-refractivity contribution in [2.75, 3.05) is 6.61 Å². The number of esters is 1. The summed E-state index contributed by atoms with van der Waals surface area (Å²) in [6.07, 6.45) is 34.6. The van der Waals surface area contributed by atoms with E-state index in [1.807, 2.05) is 36.4 Å². The minimum Gasteiger partial charge on any atom is -0.423 e. The van der Waals surface area contributed by atoms with E-state index in [2.05, 4.69) is 39.8 Å². The number of benzene rings is 2. The van der Waals surface area contributed by atoms with E-state index in [0.29, 0.717) is 11.5 Å². The minimum absolute atomic E-state index is 0.0172. The van der Waals surface area contributed by atoms with Crippen molar-refractivity contribution in [2.24, 2.45) is 0 Å². The third kappa shape index (κ3) is 20.3. The maximum absolute atomic E-state index is 13.2. The van der Waals surface area contributed by atoms with Gasteiger partial charge in [0.25, 0.3) is 0 Å². The predicted octanol–water partition coefficient (Wildman–Crippen LogP) is 15.3. The number of para-hydroxylation sites is 1. The van der Waals surface area contributed by atoms with Gasteiger partial charge in [-0.3, -0.25) is 0 Å². The molecule has 2 unspecified atom stereocenters. The molecule has 0 aromatic heterocycles. The number of carbonyl (C=O) groups excluding carboxylic acids is 1. The van der Waals surface area contributed by atoms with Crippen molar-refractivity contribution in [3.8, 4) is 5.75 Å². The third-order valence-electron chi connectivity index (χ3n) is 10.3. The van der Waals surface area contributed by atoms with E-state index in [1.54, 1.807) is 0 Å². The van der Waals surface area contributed by atoms with Crippen LogP contribution in [0.5, 0.6) is 5.75 Å². The van der Waals surface area contributed by atoms with Crippen molar-refractivity contribution in [3.63, 3.8) is 0 Å². The molecular formula is C46H76O3. The number of carbonyl (C=O) groups is 1. The quantitative estimate of drug-likeness (QED) is 0.0439. The van der Waals surface area contributed by atoms with Gasteiger partial charge in [0.1, 0.15) is 5.75 Å². The standard InChI is InChI=1S/C46H76O3/c1-5-8-10-12-14-16-17-18-19-20-22-24-26-30-39-48-40(4)41-35-37-43(38-36-41)46(47)49-45-34-29-28-33-44(45)42(31-7-3)32-27-25-23-21-15-13-11-9-6-2/h28-29,33-38,40,42H,5-27,30-32,39H2,1-4H3. The van der Waals surface area contributed by atoms with Gasteiger partial charge < -0.3 is 9.47 Å². The van der Waals surface area contributed by atoms with Crippen molar-refractivity contribution >= 4 is 5.97 Å². The molecular weight excluding hydrogens is 601 g/mol. The summed E-state index contributed by atoms with van der Waals surface area (Å²) in [5.41, 5.74) is 2.87. The SMILES string of the molecule is CCCCCCCCCCCCCCCCOC(C)c1ccc(C(=O)Oc2ccccc2C(CCC)CCCCCCCCCCC)cc1. The van der Waals surface area contributed by atoms with Gasteiger partial charge in [-0.25, -0.2) is 4.79 Å². The molecule has 0 aliphatic carbocycles. The summed E-state index contributed by atoms with van der Waals surface area (Å²) in [6.45, 7) is 9.72. The second-order valence-corrected chi connectivity index (χ2v) is 14.8. The highest BCUT2D eigenvalue weighted by Crippen LogP contribution is 2.34. The Kier molecular flexibility index (Phi) is 26.0. The lowest BCUT2D eigenvalue weighted by molar-refractivity contribution is 0.0625. The average molecular weight is 677 g/mol. The smallest absolute Gasteiger partial charge is 0.343 e. The fourth-order valence-corrected chi connectivity index (χ4v) is 7.12. The Morgan fingerprint density at radius 2 is 1.00 bits per heavy atom. The summed E-state index contributed by atoms with van der Waals surface area (Å²) in [6, 6.07) is 16.0. The zero-order valence-corrected chi connectivity index (χ0v) is 32.6. The van der Waals surface area contributed by atoms with Gasteiger partial charge >= 0.3 is 5.97 Å². The first-order valence-electron chi connectivity index (χ1n) is 21.1. The summed E-state index contributed by atoms with van der Waals surface area (Å²) in [5, 5.41) is 0. The van der Waals surface area contributed by atoms with Crippen LogP contribution in [0, 0.1) is 0 Å². The van der Waals surface area contributed by atoms with Crippen LogP contribution in [0.15, 0.2) is 48.5 Å². The van der Waals surface area contributed by atoms with Gasteiger partial charge in [0.2, 0.25) is 0 Å². The van der Waals surface area contributed by atoms with E-state index in [0.717, 1.165) is 43.6 Å². The molecule has 0 saturated carbocycles. The number of unbranched alkanes of at least 4 members (excludes halogenated alkanes) is 21. The number of hydrogen-bond acceptors (Lipinski definition) is 3. The van der Waals surface area contributed by atoms with Crippen molar-refractivity contribution in [1.29, 1.82) is 0 Å². The molecule has 0 aliphatic heterocycles. The van der Waals surface area contributed by atoms with Crippen LogP contribution in [0.2, 0.25) is 0 Å². The number of ether oxygens (including phenoxy) is 2. The number of rotatable bonds is 32. The maximum Gasteiger partial charge on any atom is 0.343 e. The van der Waals surface area contributed by atoms with Gasteiger partial charge in [0, 0.05) is 6.61 Å². The van der Waals surface area contributed by atoms with Crippen molar-refractivity contribution in [3.05, 3.63) is 65.2 Å². The van der Waals surface area contributed by atoms with Crippen LogP contribution in [0.25, 0.3) is 0 Å². The second-order valence-electron chi connectivity index (χ2n) is 14.8. The van der Waals surface area contributed by atoms with E-state index < -0.39 is 0 Å². The molecule has 0 spiro atoms. The summed E-state index contributed by atoms with van der Waals surface area (Å²) in [7, 11) is 0. The van der Waals surface area contributed by atoms with Gasteiger partial charge in [-0.1, -0.05) is 199 Å². The molecule has 3 nitrogen and oxygen atoms in total. The molecule has 2 aromatic rings. The highest BCUT2D eigenvalue weighted by atomic mass is 16.5. The van der Waals surface area contributed by atoms with Crippen LogP contribution in [0.1, 0.15) is 228 Å². The first kappa shape index (κ1) is 43.0. The molecule has 0 saturated heterocycles. The highest BCUT2D eigenvalue weighted by molar-refractivity contribution is 5.91. The zero-order valence-electron chi connectivity index (χ0n) is 32.6. The van der Waals surface area contributed by atoms with Crippen LogP contribution in [0.3, 0.4) is 0 Å². The highest BCUT2D eigenvalue weighted by Gasteiger charge is 2.18. The molecule has 2 atom stereocenters. The van der Waals surface area contributed by atoms with Gasteiger partial charge in [-0.15, -0.1) is 0 Å². The second kappa shape index (κ2) is 29.6. The molecule has 0 bridgehead atoms. The van der Waals surface area contributed by atoms with Crippen LogP contribution in [-0.4, -0.2) is 12.6 Å². The van der Waals surface area contributed by atoms with Crippen LogP contribution >= 0.6 is 0 Å². The van der Waals surface area contributed by atoms with E-state index in [1.165, 1.54) is 147 Å². The fourth-order valence-electron chi connectivity index (χ4n) is 7.12. The van der Waals surface area contributed by atoms with Gasteiger partial charge in [-0.05, 0) is 61.4 Å². The first-order chi connectivity index (χ1) is 24.1. The predicted molar refractivity (Wildman–Crippen MR) is 212 cm³/mol. The molecule has 0 radical (unpaired) electrons. The lowest BCUT2D eigenvalue weighted by atomic mass is 9.88. The molecule has 0 amide bonds. The Hall–Kier alpha value is -2.13. The van der Waals surface area contributed by atoms with Gasteiger partial charge in [0.05, 0.1) is 11.7 Å². The molecule has 0 heterocycles. The summed E-state index contributed by atoms with van der Waals surface area (Å²) in [5.74, 6) is 0.864. The Morgan fingerprint density at radius 1 is 0.531 bits per heavy atom. The van der Waals surface area contributed by atoms with Crippen molar-refractivity contribution in [1.82, 2.24) is 0 Å². The third-order valence-corrected chi connectivity index (χ3v) is 10.3. The number of hydrogen-bond donors (Lipinski definition) is 0. The van der Waals surface area contributed by atoms with Gasteiger partial charge in [-0.2, -0.15) is 0 Å². The zero-order chi connectivity index (χ0) is 35.2. The largest absolute Gasteiger partial charge is 0.423 e. The lowest BCUT2D eigenvalue weighted by Gasteiger charge is -2.20. The Bertz CT molecular complexity index is 1040. The first-order valence-corrected chi connectivity index (χ1v) is 21.1. The summed E-state index contributed by atoms with van der Waals surface area (Å²) >= 11 is 0. The van der Waals surface area contributed by atoms with E-state index >= 15 is 0 Å². The molecule has 49 heavy (non-hydrogen) atoms. The normalized spacial score (nSPS) is 12.7. The molecule has 2 rings (SSSR count). The van der Waals surface area contributed by atoms with Crippen LogP contribution < -0.4 is 4.74 Å². The molecule has 0 fully saturated rings. The van der Waals surface area contributed by atoms with E-state index in [4.69, 9.17) is 9.47 Å². The van der Waals surface area contributed by atoms with E-state index in [-0.39, 0.29) is 12.1 Å². The average Bonchev–Trinajstić information content (AvgIpc) is 3.12. The monoisotopic (exact) mass is 677 g/mol. The molecule has 0 N–H and O–H groups in total. The summed E-state index contributed by atoms with van der Waals surface area (Å²) < 4.78 is 12.2. The van der Waals surface area contributed by atoms with Crippen molar-refractivity contribution < 1.29 is 14.3 Å².